The molecule has 0 aliphatic carbocycles. The molecule has 0 fully saturated rings. The van der Waals surface area contributed by atoms with Crippen LogP contribution in [0.2, 0.25) is 0 Å². The fourth-order valence-corrected chi connectivity index (χ4v) is 3.31. The third-order valence-electron chi connectivity index (χ3n) is 2.57. The van der Waals surface area contributed by atoms with Crippen LogP contribution in [0.25, 0.3) is 0 Å². The van der Waals surface area contributed by atoms with Crippen LogP contribution in [0.15, 0.2) is 27.4 Å². The van der Waals surface area contributed by atoms with E-state index in [0.29, 0.717) is 10.6 Å². The Hall–Kier alpha value is -1.76. The third kappa shape index (κ3) is 1.93. The van der Waals surface area contributed by atoms with Crippen LogP contribution in [-0.2, 0) is 0 Å². The summed E-state index contributed by atoms with van der Waals surface area (Å²) in [5.74, 6) is -1.01. The van der Waals surface area contributed by atoms with Gasteiger partial charge in [-0.25, -0.2) is 0 Å². The van der Waals surface area contributed by atoms with Crippen molar-refractivity contribution in [1.82, 2.24) is 0 Å². The van der Waals surface area contributed by atoms with Gasteiger partial charge in [-0.3, -0.25) is 5.41 Å². The van der Waals surface area contributed by atoms with E-state index in [1.807, 2.05) is 16.8 Å². The van der Waals surface area contributed by atoms with E-state index in [-0.39, 0.29) is 5.04 Å². The lowest BCUT2D eigenvalue weighted by molar-refractivity contribution is 0.732. The van der Waals surface area contributed by atoms with Crippen molar-refractivity contribution in [2.45, 2.75) is 5.92 Å². The first-order valence-electron chi connectivity index (χ1n) is 4.76. The van der Waals surface area contributed by atoms with Crippen molar-refractivity contribution < 1.29 is 0 Å². The van der Waals surface area contributed by atoms with Crippen molar-refractivity contribution in [2.75, 3.05) is 0 Å². The lowest BCUT2D eigenvalue weighted by atomic mass is 9.83. The molecular formula is C11H8N4S2. The number of nitrogens with zero attached hydrogens (tertiary/aromatic N) is 2. The number of rotatable bonds is 1. The molecule has 1 aromatic rings. The maximum absolute atomic E-state index is 9.16. The lowest BCUT2D eigenvalue weighted by Gasteiger charge is -2.26. The molecule has 0 aromatic carbocycles. The molecule has 2 heterocycles. The van der Waals surface area contributed by atoms with Gasteiger partial charge in [0.25, 0.3) is 0 Å². The van der Waals surface area contributed by atoms with Gasteiger partial charge in [0.05, 0.1) is 27.8 Å². The number of hydrogen-bond donors (Lipinski definition) is 2. The average molecular weight is 260 g/mol. The highest BCUT2D eigenvalue weighted by molar-refractivity contribution is 8.17. The molecule has 1 aromatic heterocycles. The number of hydrogen-bond acceptors (Lipinski definition) is 6. The van der Waals surface area contributed by atoms with Crippen molar-refractivity contribution in [3.05, 3.63) is 33.0 Å². The standard InChI is InChI=1S/C11H8N4S2/c12-3-7-9(6-1-2-16-5-6)8(4-13)11(15)17-10(7)14/h1-2,5,7,9,14H,15H2/t7-,9+/m0/s1. The molecule has 0 amide bonds. The molecule has 0 saturated heterocycles. The monoisotopic (exact) mass is 260 g/mol. The van der Waals surface area contributed by atoms with E-state index in [2.05, 4.69) is 12.1 Å². The number of allylic oxidation sites excluding steroid dienone is 1. The molecule has 84 valence electrons. The summed E-state index contributed by atoms with van der Waals surface area (Å²) in [5, 5.41) is 30.4. The minimum atomic E-state index is -0.614. The number of nitrogens with one attached hydrogen (secondary N) is 1. The van der Waals surface area contributed by atoms with Crippen LogP contribution < -0.4 is 5.73 Å². The second-order valence-corrected chi connectivity index (χ2v) is 5.36. The molecule has 0 unspecified atom stereocenters. The fourth-order valence-electron chi connectivity index (χ4n) is 1.78. The van der Waals surface area contributed by atoms with Gasteiger partial charge in [0.15, 0.2) is 0 Å². The molecule has 1 aliphatic rings. The molecule has 0 bridgehead atoms. The molecule has 2 atom stereocenters. The smallest absolute Gasteiger partial charge is 0.106 e. The van der Waals surface area contributed by atoms with Gasteiger partial charge in [-0.05, 0) is 22.4 Å². The van der Waals surface area contributed by atoms with Crippen LogP contribution in [0.5, 0.6) is 0 Å². The van der Waals surface area contributed by atoms with Gasteiger partial charge in [0.2, 0.25) is 0 Å². The SMILES string of the molecule is N#CC1=C(N)SC(=N)[C@@H](C#N)[C@H]1c1ccsc1. The molecule has 0 spiro atoms. The minimum Gasteiger partial charge on any atom is -0.392 e. The van der Waals surface area contributed by atoms with Crippen LogP contribution in [0.4, 0.5) is 0 Å². The van der Waals surface area contributed by atoms with Crippen molar-refractivity contribution in [3.63, 3.8) is 0 Å². The van der Waals surface area contributed by atoms with E-state index in [1.54, 1.807) is 0 Å². The van der Waals surface area contributed by atoms with Gasteiger partial charge in [-0.15, -0.1) is 0 Å². The molecule has 2 rings (SSSR count). The molecule has 3 N–H and O–H groups in total. The molecule has 6 heteroatoms. The van der Waals surface area contributed by atoms with Crippen LogP contribution in [0.3, 0.4) is 0 Å². The van der Waals surface area contributed by atoms with Crippen molar-refractivity contribution in [3.8, 4) is 12.1 Å². The van der Waals surface area contributed by atoms with Gasteiger partial charge >= 0.3 is 0 Å². The Morgan fingerprint density at radius 2 is 2.18 bits per heavy atom. The van der Waals surface area contributed by atoms with E-state index >= 15 is 0 Å². The van der Waals surface area contributed by atoms with Crippen LogP contribution in [-0.4, -0.2) is 5.04 Å². The third-order valence-corrected chi connectivity index (χ3v) is 4.19. The summed E-state index contributed by atoms with van der Waals surface area (Å²) in [6.45, 7) is 0. The number of nitrogens with two attached hydrogens (primary N) is 1. The summed E-state index contributed by atoms with van der Waals surface area (Å²) >= 11 is 2.51. The Morgan fingerprint density at radius 3 is 2.71 bits per heavy atom. The normalized spacial score (nSPS) is 24.2. The van der Waals surface area contributed by atoms with Gasteiger partial charge in [0.1, 0.15) is 5.92 Å². The summed E-state index contributed by atoms with van der Waals surface area (Å²) < 4.78 is 0. The molecule has 17 heavy (non-hydrogen) atoms. The Bertz CT molecular complexity index is 559. The molecule has 4 nitrogen and oxygen atoms in total. The second kappa shape index (κ2) is 4.62. The molecule has 0 saturated carbocycles. The zero-order valence-corrected chi connectivity index (χ0v) is 10.3. The Labute approximate surface area is 107 Å². The summed E-state index contributed by atoms with van der Waals surface area (Å²) in [6, 6.07) is 6.03. The van der Waals surface area contributed by atoms with Gasteiger partial charge in [-0.2, -0.15) is 21.9 Å². The largest absolute Gasteiger partial charge is 0.392 e. The fraction of sp³-hybridized carbons (Fsp3) is 0.182. The van der Waals surface area contributed by atoms with E-state index in [1.165, 1.54) is 11.3 Å². The summed E-state index contributed by atoms with van der Waals surface area (Å²) in [7, 11) is 0. The zero-order chi connectivity index (χ0) is 12.4. The Morgan fingerprint density at radius 1 is 1.41 bits per heavy atom. The second-order valence-electron chi connectivity index (χ2n) is 3.50. The van der Waals surface area contributed by atoms with Gasteiger partial charge < -0.3 is 5.73 Å². The lowest BCUT2D eigenvalue weighted by Crippen LogP contribution is -2.26. The average Bonchev–Trinajstić information content (AvgIpc) is 2.81. The summed E-state index contributed by atoms with van der Waals surface area (Å²) in [5.41, 5.74) is 7.05. The van der Waals surface area contributed by atoms with Crippen LogP contribution in [0.1, 0.15) is 11.5 Å². The highest BCUT2D eigenvalue weighted by Crippen LogP contribution is 2.42. The highest BCUT2D eigenvalue weighted by atomic mass is 32.2. The Kier molecular flexibility index (Phi) is 3.19. The number of nitriles is 2. The number of thioether (sulfide) groups is 1. The van der Waals surface area contributed by atoms with E-state index in [9.17, 15) is 0 Å². The maximum Gasteiger partial charge on any atom is 0.106 e. The highest BCUT2D eigenvalue weighted by Gasteiger charge is 2.37. The van der Waals surface area contributed by atoms with Crippen LogP contribution in [0, 0.1) is 34.0 Å². The van der Waals surface area contributed by atoms with Crippen molar-refractivity contribution in [1.29, 1.82) is 15.9 Å². The quantitative estimate of drug-likeness (QED) is 0.810. The molecular weight excluding hydrogens is 252 g/mol. The maximum atomic E-state index is 9.16. The van der Waals surface area contributed by atoms with Gasteiger partial charge in [-0.1, -0.05) is 11.8 Å². The first kappa shape index (κ1) is 11.7. The minimum absolute atomic E-state index is 0.209. The van der Waals surface area contributed by atoms with Crippen molar-refractivity contribution in [2.24, 2.45) is 11.7 Å². The first-order chi connectivity index (χ1) is 8.19. The van der Waals surface area contributed by atoms with Crippen LogP contribution >= 0.6 is 23.1 Å². The number of thiophene rings is 1. The zero-order valence-electron chi connectivity index (χ0n) is 8.68. The topological polar surface area (TPSA) is 97.4 Å². The van der Waals surface area contributed by atoms with E-state index in [0.717, 1.165) is 17.3 Å². The van der Waals surface area contributed by atoms with E-state index < -0.39 is 11.8 Å². The molecule has 1 aliphatic heterocycles. The summed E-state index contributed by atoms with van der Waals surface area (Å²) in [4.78, 5) is 0. The van der Waals surface area contributed by atoms with Crippen molar-refractivity contribution >= 4 is 28.1 Å². The van der Waals surface area contributed by atoms with Gasteiger partial charge in [0, 0.05) is 5.92 Å². The summed E-state index contributed by atoms with van der Waals surface area (Å²) in [6.07, 6.45) is 0. The predicted octanol–water partition coefficient (Wildman–Crippen LogP) is 2.39. The predicted molar refractivity (Wildman–Crippen MR) is 68.3 cm³/mol. The van der Waals surface area contributed by atoms with E-state index in [4.69, 9.17) is 21.7 Å². The first-order valence-corrected chi connectivity index (χ1v) is 6.52. The Balaban J connectivity index is 2.57. The molecule has 0 radical (unpaired) electrons.